The van der Waals surface area contributed by atoms with Crippen molar-refractivity contribution >= 4 is 44.2 Å². The van der Waals surface area contributed by atoms with Crippen molar-refractivity contribution in [3.8, 4) is 0 Å². The zero-order valence-electron chi connectivity index (χ0n) is 14.0. The highest BCUT2D eigenvalue weighted by molar-refractivity contribution is 7.90. The first-order valence-electron chi connectivity index (χ1n) is 7.34. The van der Waals surface area contributed by atoms with Gasteiger partial charge in [-0.15, -0.1) is 0 Å². The van der Waals surface area contributed by atoms with Crippen molar-refractivity contribution in [3.63, 3.8) is 0 Å². The number of fused-ring (bicyclic) bond motifs is 1. The fourth-order valence-corrected chi connectivity index (χ4v) is 4.95. The molecule has 2 heterocycles. The number of hydrogen-bond acceptors (Lipinski definition) is 5. The Bertz CT molecular complexity index is 1250. The van der Waals surface area contributed by atoms with Crippen LogP contribution in [0.3, 0.4) is 0 Å². The van der Waals surface area contributed by atoms with E-state index >= 15 is 0 Å². The summed E-state index contributed by atoms with van der Waals surface area (Å²) in [6.07, 6.45) is 0. The van der Waals surface area contributed by atoms with Crippen molar-refractivity contribution in [2.75, 3.05) is 0 Å². The molecule has 0 spiro atoms. The molecular formula is C15H14Cl2N4O4S. The van der Waals surface area contributed by atoms with Gasteiger partial charge in [-0.2, -0.15) is 4.98 Å². The van der Waals surface area contributed by atoms with Crippen molar-refractivity contribution in [3.05, 3.63) is 54.6 Å². The summed E-state index contributed by atoms with van der Waals surface area (Å²) < 4.78 is 29.0. The van der Waals surface area contributed by atoms with Crippen LogP contribution in [0.2, 0.25) is 10.0 Å². The van der Waals surface area contributed by atoms with Crippen molar-refractivity contribution in [1.82, 2.24) is 18.7 Å². The average molecular weight is 417 g/mol. The maximum Gasteiger partial charge on any atom is 0.332 e. The number of halogens is 2. The molecule has 0 aliphatic carbocycles. The predicted octanol–water partition coefficient (Wildman–Crippen LogP) is 1.25. The van der Waals surface area contributed by atoms with Gasteiger partial charge in [0.05, 0.1) is 5.75 Å². The molecule has 0 radical (unpaired) electrons. The van der Waals surface area contributed by atoms with Crippen molar-refractivity contribution in [2.24, 2.45) is 21.1 Å². The van der Waals surface area contributed by atoms with Gasteiger partial charge >= 0.3 is 5.69 Å². The molecule has 8 nitrogen and oxygen atoms in total. The smallest absolute Gasteiger partial charge is 0.312 e. The number of sulfone groups is 1. The predicted molar refractivity (Wildman–Crippen MR) is 98.5 cm³/mol. The van der Waals surface area contributed by atoms with E-state index in [9.17, 15) is 18.0 Å². The van der Waals surface area contributed by atoms with Gasteiger partial charge in [0.1, 0.15) is 0 Å². The minimum absolute atomic E-state index is 0.00979. The summed E-state index contributed by atoms with van der Waals surface area (Å²) >= 11 is 12.1. The third-order valence-corrected chi connectivity index (χ3v) is 6.41. The van der Waals surface area contributed by atoms with Crippen LogP contribution in [0.25, 0.3) is 11.2 Å². The van der Waals surface area contributed by atoms with Gasteiger partial charge in [0.2, 0.25) is 15.0 Å². The Hall–Kier alpha value is -2.10. The monoisotopic (exact) mass is 416 g/mol. The fourth-order valence-electron chi connectivity index (χ4n) is 2.70. The molecule has 0 unspecified atom stereocenters. The summed E-state index contributed by atoms with van der Waals surface area (Å²) in [6, 6.07) is 4.68. The van der Waals surface area contributed by atoms with E-state index in [0.717, 1.165) is 13.7 Å². The second-order valence-electron chi connectivity index (χ2n) is 5.79. The molecule has 0 bridgehead atoms. The van der Waals surface area contributed by atoms with Crippen molar-refractivity contribution in [2.45, 2.75) is 10.9 Å². The highest BCUT2D eigenvalue weighted by Gasteiger charge is 2.27. The minimum Gasteiger partial charge on any atom is -0.312 e. The molecule has 26 heavy (non-hydrogen) atoms. The lowest BCUT2D eigenvalue weighted by Crippen LogP contribution is -2.37. The van der Waals surface area contributed by atoms with Gasteiger partial charge in [-0.05, 0) is 12.1 Å². The molecule has 0 fully saturated rings. The highest BCUT2D eigenvalue weighted by Crippen LogP contribution is 2.28. The van der Waals surface area contributed by atoms with Gasteiger partial charge in [-0.25, -0.2) is 13.2 Å². The third kappa shape index (κ3) is 2.76. The number of aromatic nitrogens is 4. The lowest BCUT2D eigenvalue weighted by atomic mass is 10.2. The average Bonchev–Trinajstić information content (AvgIpc) is 2.93. The number of aryl methyl sites for hydroxylation is 2. The van der Waals surface area contributed by atoms with Crippen LogP contribution in [0.15, 0.2) is 32.9 Å². The normalized spacial score (nSPS) is 12.0. The van der Waals surface area contributed by atoms with Crippen LogP contribution in [0, 0.1) is 0 Å². The summed E-state index contributed by atoms with van der Waals surface area (Å²) in [5, 5.41) is 0.0769. The van der Waals surface area contributed by atoms with E-state index in [1.165, 1.54) is 33.3 Å². The van der Waals surface area contributed by atoms with Crippen LogP contribution < -0.4 is 11.2 Å². The van der Waals surface area contributed by atoms with E-state index in [-0.39, 0.29) is 31.9 Å². The van der Waals surface area contributed by atoms with Crippen molar-refractivity contribution in [1.29, 1.82) is 0 Å². The Morgan fingerprint density at radius 2 is 1.58 bits per heavy atom. The van der Waals surface area contributed by atoms with E-state index in [1.54, 1.807) is 6.07 Å². The zero-order chi connectivity index (χ0) is 19.4. The Morgan fingerprint density at radius 3 is 2.15 bits per heavy atom. The van der Waals surface area contributed by atoms with E-state index in [0.29, 0.717) is 0 Å². The first-order chi connectivity index (χ1) is 12.1. The first-order valence-corrected chi connectivity index (χ1v) is 9.75. The maximum absolute atomic E-state index is 12.9. The highest BCUT2D eigenvalue weighted by atomic mass is 35.5. The lowest BCUT2D eigenvalue weighted by molar-refractivity contribution is 0.579. The van der Waals surface area contributed by atoms with E-state index in [2.05, 4.69) is 4.98 Å². The molecule has 0 saturated heterocycles. The summed E-state index contributed by atoms with van der Waals surface area (Å²) in [5.41, 5.74) is -0.985. The maximum atomic E-state index is 12.9. The molecule has 0 amide bonds. The van der Waals surface area contributed by atoms with Crippen LogP contribution >= 0.6 is 23.2 Å². The summed E-state index contributed by atoms with van der Waals surface area (Å²) in [4.78, 5) is 28.5. The minimum atomic E-state index is -3.99. The number of benzene rings is 1. The molecule has 3 rings (SSSR count). The molecule has 1 aromatic carbocycles. The molecule has 11 heteroatoms. The van der Waals surface area contributed by atoms with E-state index in [1.807, 2.05) is 0 Å². The first kappa shape index (κ1) is 18.7. The number of rotatable bonds is 3. The molecule has 0 aliphatic heterocycles. The van der Waals surface area contributed by atoms with E-state index in [4.69, 9.17) is 23.2 Å². The standard InChI is InChI=1S/C15H14Cl2N4O4S/c1-19-11-12(20(2)15(23)21(3)13(11)22)18-14(19)26(24,25)7-8-9(16)5-4-6-10(8)17/h4-6H,7H2,1-3H3. The third-order valence-electron chi connectivity index (χ3n) is 4.11. The Morgan fingerprint density at radius 1 is 1.00 bits per heavy atom. The van der Waals surface area contributed by atoms with Gasteiger partial charge in [-0.3, -0.25) is 13.9 Å². The quantitative estimate of drug-likeness (QED) is 0.639. The van der Waals surface area contributed by atoms with Gasteiger partial charge in [0, 0.05) is 36.8 Å². The molecule has 0 saturated carbocycles. The van der Waals surface area contributed by atoms with Gasteiger partial charge in [0.25, 0.3) is 5.56 Å². The SMILES string of the molecule is Cn1c(=O)c2c(nc(S(=O)(=O)Cc3c(Cl)cccc3Cl)n2C)n(C)c1=O. The molecule has 0 N–H and O–H groups in total. The van der Waals surface area contributed by atoms with Crippen LogP contribution in [0.4, 0.5) is 0 Å². The molecule has 138 valence electrons. The number of hydrogen-bond donors (Lipinski definition) is 0. The van der Waals surface area contributed by atoms with Gasteiger partial charge < -0.3 is 4.57 Å². The van der Waals surface area contributed by atoms with Crippen molar-refractivity contribution < 1.29 is 8.42 Å². The summed E-state index contributed by atoms with van der Waals surface area (Å²) in [7, 11) is 0.144. The van der Waals surface area contributed by atoms with Crippen LogP contribution in [-0.4, -0.2) is 27.1 Å². The fraction of sp³-hybridized carbons (Fsp3) is 0.267. The zero-order valence-corrected chi connectivity index (χ0v) is 16.4. The van der Waals surface area contributed by atoms with E-state index < -0.39 is 26.8 Å². The molecular weight excluding hydrogens is 403 g/mol. The number of nitrogens with zero attached hydrogens (tertiary/aromatic N) is 4. The molecule has 0 atom stereocenters. The second-order valence-corrected chi connectivity index (χ2v) is 8.49. The Kier molecular flexibility index (Phi) is 4.50. The van der Waals surface area contributed by atoms with Crippen LogP contribution in [0.1, 0.15) is 5.56 Å². The largest absolute Gasteiger partial charge is 0.332 e. The van der Waals surface area contributed by atoms with Gasteiger partial charge in [0.15, 0.2) is 11.2 Å². The topological polar surface area (TPSA) is 96.0 Å². The van der Waals surface area contributed by atoms with Crippen LogP contribution in [0.5, 0.6) is 0 Å². The Labute approximate surface area is 158 Å². The number of imidazole rings is 1. The lowest BCUT2D eigenvalue weighted by Gasteiger charge is -2.08. The molecule has 0 aliphatic rings. The Balaban J connectivity index is 2.27. The summed E-state index contributed by atoms with van der Waals surface area (Å²) in [6.45, 7) is 0. The summed E-state index contributed by atoms with van der Waals surface area (Å²) in [5.74, 6) is -0.489. The second kappa shape index (κ2) is 6.26. The van der Waals surface area contributed by atoms with Gasteiger partial charge in [-0.1, -0.05) is 29.3 Å². The molecule has 2 aromatic heterocycles. The molecule has 3 aromatic rings. The van der Waals surface area contributed by atoms with Crippen LogP contribution in [-0.2, 0) is 36.7 Å².